The third-order valence-corrected chi connectivity index (χ3v) is 6.21. The summed E-state index contributed by atoms with van der Waals surface area (Å²) in [4.78, 5) is 48.1. The van der Waals surface area contributed by atoms with Crippen LogP contribution in [0.25, 0.3) is 0 Å². The third kappa shape index (κ3) is 6.30. The van der Waals surface area contributed by atoms with Crippen LogP contribution in [0.5, 0.6) is 0 Å². The van der Waals surface area contributed by atoms with E-state index in [1.807, 2.05) is 23.1 Å². The van der Waals surface area contributed by atoms with Crippen molar-refractivity contribution in [3.05, 3.63) is 54.2 Å². The van der Waals surface area contributed by atoms with E-state index in [1.165, 1.54) is 17.0 Å². The lowest BCUT2D eigenvalue weighted by atomic mass is 10.1. The van der Waals surface area contributed by atoms with Gasteiger partial charge in [-0.3, -0.25) is 19.3 Å². The lowest BCUT2D eigenvalue weighted by Gasteiger charge is -2.38. The van der Waals surface area contributed by atoms with Gasteiger partial charge in [-0.2, -0.15) is 13.2 Å². The van der Waals surface area contributed by atoms with E-state index in [0.29, 0.717) is 26.2 Å². The van der Waals surface area contributed by atoms with Crippen LogP contribution in [-0.2, 0) is 20.6 Å². The van der Waals surface area contributed by atoms with Gasteiger partial charge in [0.2, 0.25) is 17.7 Å². The van der Waals surface area contributed by atoms with Crippen molar-refractivity contribution in [2.75, 3.05) is 56.0 Å². The molecule has 12 heteroatoms. The first-order chi connectivity index (χ1) is 17.2. The van der Waals surface area contributed by atoms with Gasteiger partial charge in [-0.1, -0.05) is 12.1 Å². The minimum absolute atomic E-state index is 0.0327. The van der Waals surface area contributed by atoms with E-state index in [2.05, 4.69) is 20.5 Å². The van der Waals surface area contributed by atoms with E-state index in [9.17, 15) is 27.6 Å². The van der Waals surface area contributed by atoms with Crippen molar-refractivity contribution in [2.45, 2.75) is 18.6 Å². The molecule has 3 heterocycles. The Bertz CT molecular complexity index is 1090. The summed E-state index contributed by atoms with van der Waals surface area (Å²) in [7, 11) is 0. The van der Waals surface area contributed by atoms with E-state index >= 15 is 0 Å². The van der Waals surface area contributed by atoms with Gasteiger partial charge < -0.3 is 20.4 Å². The van der Waals surface area contributed by atoms with Gasteiger partial charge in [0.15, 0.2) is 0 Å². The van der Waals surface area contributed by atoms with E-state index in [0.717, 1.165) is 18.0 Å². The predicted octanol–water partition coefficient (Wildman–Crippen LogP) is 1.58. The maximum atomic E-state index is 13.1. The first-order valence-electron chi connectivity index (χ1n) is 11.6. The molecule has 192 valence electrons. The first kappa shape index (κ1) is 25.4. The second-order valence-corrected chi connectivity index (χ2v) is 8.68. The lowest BCUT2D eigenvalue weighted by molar-refractivity contribution is -0.145. The molecule has 4 rings (SSSR count). The van der Waals surface area contributed by atoms with Crippen molar-refractivity contribution in [1.82, 2.24) is 20.1 Å². The smallest absolute Gasteiger partial charge is 0.354 e. The number of carbonyl (C=O) groups excluding carboxylic acids is 3. The number of nitrogens with zero attached hydrogens (tertiary/aromatic N) is 4. The maximum absolute atomic E-state index is 13.1. The fourth-order valence-electron chi connectivity index (χ4n) is 4.34. The third-order valence-electron chi connectivity index (χ3n) is 6.21. The van der Waals surface area contributed by atoms with Crippen LogP contribution in [0.2, 0.25) is 0 Å². The summed E-state index contributed by atoms with van der Waals surface area (Å²) < 4.78 is 38.9. The van der Waals surface area contributed by atoms with Gasteiger partial charge in [0.25, 0.3) is 0 Å². The maximum Gasteiger partial charge on any atom is 0.416 e. The number of rotatable bonds is 6. The number of hydrogen-bond acceptors (Lipinski definition) is 6. The zero-order chi connectivity index (χ0) is 25.7. The van der Waals surface area contributed by atoms with Crippen molar-refractivity contribution in [3.8, 4) is 0 Å². The van der Waals surface area contributed by atoms with Crippen molar-refractivity contribution in [3.63, 3.8) is 0 Å². The molecule has 2 aromatic rings. The van der Waals surface area contributed by atoms with Crippen LogP contribution in [-0.4, -0.2) is 84.4 Å². The summed E-state index contributed by atoms with van der Waals surface area (Å²) in [6, 6.07) is 8.92. The number of anilines is 2. The van der Waals surface area contributed by atoms with Gasteiger partial charge in [0.05, 0.1) is 18.5 Å². The summed E-state index contributed by atoms with van der Waals surface area (Å²) >= 11 is 0. The van der Waals surface area contributed by atoms with Crippen molar-refractivity contribution in [2.24, 2.45) is 0 Å². The molecule has 0 spiro atoms. The molecular weight excluding hydrogens is 477 g/mol. The van der Waals surface area contributed by atoms with Crippen LogP contribution < -0.4 is 15.5 Å². The number of alkyl halides is 3. The Morgan fingerprint density at radius 1 is 1.06 bits per heavy atom. The normalized spacial score (nSPS) is 19.1. The first-order valence-corrected chi connectivity index (χ1v) is 11.6. The molecule has 0 saturated carbocycles. The number of hydrogen-bond donors (Lipinski definition) is 2. The second kappa shape index (κ2) is 10.9. The van der Waals surface area contributed by atoms with Gasteiger partial charge in [0, 0.05) is 51.2 Å². The fourth-order valence-corrected chi connectivity index (χ4v) is 4.34. The highest BCUT2D eigenvalue weighted by Crippen LogP contribution is 2.30. The average Bonchev–Trinajstić information content (AvgIpc) is 2.86. The molecule has 0 radical (unpaired) electrons. The molecule has 0 aliphatic carbocycles. The zero-order valence-corrected chi connectivity index (χ0v) is 19.5. The molecule has 2 fully saturated rings. The van der Waals surface area contributed by atoms with E-state index in [1.54, 1.807) is 6.20 Å². The van der Waals surface area contributed by atoms with Gasteiger partial charge >= 0.3 is 6.18 Å². The Balaban J connectivity index is 1.34. The minimum atomic E-state index is -4.55. The quantitative estimate of drug-likeness (QED) is 0.620. The number of nitrogens with one attached hydrogen (secondary N) is 2. The highest BCUT2D eigenvalue weighted by molar-refractivity contribution is 5.97. The molecule has 0 bridgehead atoms. The Kier molecular flexibility index (Phi) is 7.73. The molecule has 2 aliphatic heterocycles. The Labute approximate surface area is 206 Å². The van der Waals surface area contributed by atoms with E-state index in [-0.39, 0.29) is 37.6 Å². The van der Waals surface area contributed by atoms with Crippen LogP contribution in [0.3, 0.4) is 0 Å². The monoisotopic (exact) mass is 504 g/mol. The molecule has 0 unspecified atom stereocenters. The predicted molar refractivity (Wildman–Crippen MR) is 126 cm³/mol. The topological polar surface area (TPSA) is 97.9 Å². The largest absolute Gasteiger partial charge is 0.416 e. The second-order valence-electron chi connectivity index (χ2n) is 8.68. The fraction of sp³-hybridized carbons (Fsp3) is 0.417. The summed E-state index contributed by atoms with van der Waals surface area (Å²) in [5.41, 5.74) is -0.926. The summed E-state index contributed by atoms with van der Waals surface area (Å²) in [5.74, 6) is -0.511. The number of carbonyl (C=O) groups is 3. The SMILES string of the molecule is O=C(C[C@H]1C(=O)NCCN1C(=O)CN1CCN(c2ccccn2)CC1)Nc1cccc(C(F)(F)F)c1. The number of benzene rings is 1. The van der Waals surface area contributed by atoms with Gasteiger partial charge in [-0.05, 0) is 30.3 Å². The molecule has 2 N–H and O–H groups in total. The van der Waals surface area contributed by atoms with Gasteiger partial charge in [0.1, 0.15) is 11.9 Å². The van der Waals surface area contributed by atoms with Crippen LogP contribution >= 0.6 is 0 Å². The summed E-state index contributed by atoms with van der Waals surface area (Å²) in [6.45, 7) is 3.31. The Hall–Kier alpha value is -3.67. The van der Waals surface area contributed by atoms with Gasteiger partial charge in [-0.15, -0.1) is 0 Å². The van der Waals surface area contributed by atoms with Crippen molar-refractivity contribution in [1.29, 1.82) is 0 Å². The number of halogens is 3. The Morgan fingerprint density at radius 3 is 2.53 bits per heavy atom. The van der Waals surface area contributed by atoms with Crippen LogP contribution in [0.4, 0.5) is 24.7 Å². The molecule has 36 heavy (non-hydrogen) atoms. The number of pyridine rings is 1. The highest BCUT2D eigenvalue weighted by Gasteiger charge is 2.36. The standard InChI is InChI=1S/C24H27F3N6O3/c25-24(26,27)17-4-3-5-18(14-17)30-21(34)15-19-23(36)29-8-9-33(19)22(35)16-31-10-12-32(13-11-31)20-6-1-2-7-28-20/h1-7,14,19H,8-13,15-16H2,(H,29,36)(H,30,34)/t19-/m0/s1. The lowest BCUT2D eigenvalue weighted by Crippen LogP contribution is -2.60. The van der Waals surface area contributed by atoms with Crippen LogP contribution in [0.15, 0.2) is 48.7 Å². The molecule has 1 atom stereocenters. The van der Waals surface area contributed by atoms with Crippen LogP contribution in [0, 0.1) is 0 Å². The zero-order valence-electron chi connectivity index (χ0n) is 19.5. The molecule has 1 aromatic carbocycles. The molecule has 3 amide bonds. The molecule has 2 saturated heterocycles. The molecule has 9 nitrogen and oxygen atoms in total. The summed E-state index contributed by atoms with van der Waals surface area (Å²) in [6.07, 6.45) is -3.17. The minimum Gasteiger partial charge on any atom is -0.354 e. The summed E-state index contributed by atoms with van der Waals surface area (Å²) in [5, 5.41) is 5.06. The molecule has 2 aliphatic rings. The van der Waals surface area contributed by atoms with Gasteiger partial charge in [-0.25, -0.2) is 4.98 Å². The van der Waals surface area contributed by atoms with Crippen molar-refractivity contribution < 1.29 is 27.6 Å². The van der Waals surface area contributed by atoms with Crippen LogP contribution in [0.1, 0.15) is 12.0 Å². The number of aromatic nitrogens is 1. The van der Waals surface area contributed by atoms with E-state index in [4.69, 9.17) is 0 Å². The Morgan fingerprint density at radius 2 is 1.83 bits per heavy atom. The van der Waals surface area contributed by atoms with Crippen molar-refractivity contribution >= 4 is 29.2 Å². The molecule has 1 aromatic heterocycles. The molecular formula is C24H27F3N6O3. The number of piperazine rings is 2. The van der Waals surface area contributed by atoms with E-state index < -0.39 is 29.6 Å². The average molecular weight is 505 g/mol. The highest BCUT2D eigenvalue weighted by atomic mass is 19.4. The number of amides is 3.